The van der Waals surface area contributed by atoms with Crippen molar-refractivity contribution < 1.29 is 19.4 Å². The van der Waals surface area contributed by atoms with Gasteiger partial charge in [-0.25, -0.2) is 0 Å². The van der Waals surface area contributed by atoms with E-state index in [4.69, 9.17) is 9.84 Å². The van der Waals surface area contributed by atoms with Gasteiger partial charge >= 0.3 is 5.97 Å². The lowest BCUT2D eigenvalue weighted by Crippen LogP contribution is -2.52. The summed E-state index contributed by atoms with van der Waals surface area (Å²) in [5, 5.41) is 11.5. The van der Waals surface area contributed by atoms with Gasteiger partial charge in [0.15, 0.2) is 0 Å². The Morgan fingerprint density at radius 2 is 2.00 bits per heavy atom. The molecule has 0 atom stereocenters. The molecule has 0 aromatic heterocycles. The molecule has 1 amide bonds. The van der Waals surface area contributed by atoms with E-state index in [0.717, 1.165) is 19.3 Å². The normalized spacial score (nSPS) is 18.7. The number of methoxy groups -OCH3 is 1. The summed E-state index contributed by atoms with van der Waals surface area (Å²) >= 11 is 0. The first kappa shape index (κ1) is 13.0. The summed E-state index contributed by atoms with van der Waals surface area (Å²) in [4.78, 5) is 22.5. The molecular weight excluding hydrogens is 210 g/mol. The molecular formula is C11H19NO4. The molecule has 0 aliphatic heterocycles. The second-order valence-corrected chi connectivity index (χ2v) is 4.85. The molecule has 92 valence electrons. The summed E-state index contributed by atoms with van der Waals surface area (Å²) in [6, 6.07) is 0. The van der Waals surface area contributed by atoms with Gasteiger partial charge < -0.3 is 15.2 Å². The van der Waals surface area contributed by atoms with Crippen LogP contribution >= 0.6 is 0 Å². The second-order valence-electron chi connectivity index (χ2n) is 4.85. The number of hydrogen-bond donors (Lipinski definition) is 2. The van der Waals surface area contributed by atoms with Gasteiger partial charge in [0.05, 0.1) is 5.60 Å². The third-order valence-corrected chi connectivity index (χ3v) is 3.37. The summed E-state index contributed by atoms with van der Waals surface area (Å²) in [6.45, 7) is 3.18. The highest BCUT2D eigenvalue weighted by Gasteiger charge is 2.40. The van der Waals surface area contributed by atoms with Gasteiger partial charge in [-0.05, 0) is 33.1 Å². The van der Waals surface area contributed by atoms with Gasteiger partial charge in [0.25, 0.3) is 0 Å². The van der Waals surface area contributed by atoms with Gasteiger partial charge in [0, 0.05) is 13.7 Å². The lowest BCUT2D eigenvalue weighted by molar-refractivity contribution is -0.154. The summed E-state index contributed by atoms with van der Waals surface area (Å²) in [6.07, 6.45) is 2.92. The maximum absolute atomic E-state index is 11.7. The fourth-order valence-corrected chi connectivity index (χ4v) is 1.58. The average Bonchev–Trinajstić information content (AvgIpc) is 2.16. The second kappa shape index (κ2) is 4.41. The van der Waals surface area contributed by atoms with Crippen LogP contribution in [0.25, 0.3) is 0 Å². The number of nitrogens with one attached hydrogen (secondary N) is 1. The van der Waals surface area contributed by atoms with E-state index in [1.165, 1.54) is 13.8 Å². The van der Waals surface area contributed by atoms with Crippen LogP contribution in [0, 0.1) is 5.41 Å². The third-order valence-electron chi connectivity index (χ3n) is 3.37. The van der Waals surface area contributed by atoms with Crippen molar-refractivity contribution in [3.63, 3.8) is 0 Å². The average molecular weight is 229 g/mol. The minimum atomic E-state index is -1.39. The first-order chi connectivity index (χ1) is 7.34. The molecule has 2 N–H and O–H groups in total. The van der Waals surface area contributed by atoms with Crippen molar-refractivity contribution in [1.29, 1.82) is 0 Å². The molecule has 1 rings (SSSR count). The number of carboxylic acids is 1. The van der Waals surface area contributed by atoms with Crippen LogP contribution in [-0.2, 0) is 14.3 Å². The zero-order chi connectivity index (χ0) is 12.4. The Kier molecular flexibility index (Phi) is 3.57. The van der Waals surface area contributed by atoms with Crippen LogP contribution in [0.2, 0.25) is 0 Å². The minimum Gasteiger partial charge on any atom is -0.480 e. The zero-order valence-electron chi connectivity index (χ0n) is 10.0. The van der Waals surface area contributed by atoms with Crippen molar-refractivity contribution in [1.82, 2.24) is 5.32 Å². The molecule has 5 heteroatoms. The first-order valence-corrected chi connectivity index (χ1v) is 5.41. The Morgan fingerprint density at radius 1 is 1.44 bits per heavy atom. The Bertz CT molecular complexity index is 289. The molecule has 5 nitrogen and oxygen atoms in total. The van der Waals surface area contributed by atoms with Crippen molar-refractivity contribution in [2.24, 2.45) is 5.41 Å². The molecule has 0 radical (unpaired) electrons. The van der Waals surface area contributed by atoms with E-state index in [9.17, 15) is 9.59 Å². The number of carboxylic acid groups (broad SMARTS) is 1. The van der Waals surface area contributed by atoms with Gasteiger partial charge in [-0.1, -0.05) is 0 Å². The largest absolute Gasteiger partial charge is 0.480 e. The number of aliphatic carboxylic acids is 1. The molecule has 0 aromatic rings. The quantitative estimate of drug-likeness (QED) is 0.683. The van der Waals surface area contributed by atoms with Gasteiger partial charge in [-0.15, -0.1) is 0 Å². The molecule has 1 fully saturated rings. The van der Waals surface area contributed by atoms with E-state index in [-0.39, 0.29) is 5.60 Å². The molecule has 0 bridgehead atoms. The van der Waals surface area contributed by atoms with Crippen molar-refractivity contribution in [3.05, 3.63) is 0 Å². The van der Waals surface area contributed by atoms with Crippen LogP contribution < -0.4 is 5.32 Å². The first-order valence-electron chi connectivity index (χ1n) is 5.41. The van der Waals surface area contributed by atoms with Crippen LogP contribution in [0.5, 0.6) is 0 Å². The highest BCUT2D eigenvalue weighted by Crippen LogP contribution is 2.34. The van der Waals surface area contributed by atoms with E-state index < -0.39 is 17.3 Å². The monoisotopic (exact) mass is 229 g/mol. The van der Waals surface area contributed by atoms with E-state index in [1.807, 2.05) is 0 Å². The van der Waals surface area contributed by atoms with Gasteiger partial charge in [0.2, 0.25) is 5.91 Å². The Morgan fingerprint density at radius 3 is 2.31 bits per heavy atom. The molecule has 0 unspecified atom stereocenters. The highest BCUT2D eigenvalue weighted by molar-refractivity contribution is 6.00. The number of carbonyl (C=O) groups excluding carboxylic acids is 1. The number of hydrogen-bond acceptors (Lipinski definition) is 3. The molecule has 1 aliphatic rings. The minimum absolute atomic E-state index is 0.274. The standard InChI is InChI=1S/C11H19NO4/c1-10(2,9(14)15)8(13)12-7-11(16-3)5-4-6-11/h4-7H2,1-3H3,(H,12,13)(H,14,15). The van der Waals surface area contributed by atoms with E-state index in [0.29, 0.717) is 6.54 Å². The number of ether oxygens (including phenoxy) is 1. The van der Waals surface area contributed by atoms with E-state index >= 15 is 0 Å². The summed E-state index contributed by atoms with van der Waals surface area (Å²) in [7, 11) is 1.62. The lowest BCUT2D eigenvalue weighted by Gasteiger charge is -2.40. The maximum atomic E-state index is 11.7. The Labute approximate surface area is 95.2 Å². The van der Waals surface area contributed by atoms with Crippen molar-refractivity contribution in [2.45, 2.75) is 38.7 Å². The third kappa shape index (κ3) is 2.35. The number of rotatable bonds is 5. The van der Waals surface area contributed by atoms with Gasteiger partial charge in [-0.3, -0.25) is 9.59 Å². The Balaban J connectivity index is 2.49. The van der Waals surface area contributed by atoms with Crippen LogP contribution in [0.4, 0.5) is 0 Å². The zero-order valence-corrected chi connectivity index (χ0v) is 10.0. The molecule has 16 heavy (non-hydrogen) atoms. The molecule has 0 spiro atoms. The summed E-state index contributed by atoms with van der Waals surface area (Å²) in [5.74, 6) is -1.59. The number of amides is 1. The van der Waals surface area contributed by atoms with E-state index in [1.54, 1.807) is 7.11 Å². The van der Waals surface area contributed by atoms with Crippen LogP contribution in [0.1, 0.15) is 33.1 Å². The fourth-order valence-electron chi connectivity index (χ4n) is 1.58. The van der Waals surface area contributed by atoms with E-state index in [2.05, 4.69) is 5.32 Å². The predicted octanol–water partition coefficient (Wildman–Crippen LogP) is 0.782. The van der Waals surface area contributed by atoms with Gasteiger partial charge in [-0.2, -0.15) is 0 Å². The molecule has 0 saturated heterocycles. The Hall–Kier alpha value is -1.10. The lowest BCUT2D eigenvalue weighted by atomic mass is 9.79. The summed E-state index contributed by atoms with van der Waals surface area (Å²) in [5.41, 5.74) is -1.66. The van der Waals surface area contributed by atoms with Crippen molar-refractivity contribution >= 4 is 11.9 Å². The molecule has 1 saturated carbocycles. The van der Waals surface area contributed by atoms with Crippen molar-refractivity contribution in [2.75, 3.05) is 13.7 Å². The SMILES string of the molecule is COC1(CNC(=O)C(C)(C)C(=O)O)CCC1. The van der Waals surface area contributed by atoms with Crippen molar-refractivity contribution in [3.8, 4) is 0 Å². The van der Waals surface area contributed by atoms with Crippen LogP contribution in [0.15, 0.2) is 0 Å². The molecule has 0 aromatic carbocycles. The van der Waals surface area contributed by atoms with Crippen LogP contribution in [-0.4, -0.2) is 36.2 Å². The van der Waals surface area contributed by atoms with Gasteiger partial charge in [0.1, 0.15) is 5.41 Å². The predicted molar refractivity (Wildman–Crippen MR) is 58.0 cm³/mol. The fraction of sp³-hybridized carbons (Fsp3) is 0.818. The molecule has 0 heterocycles. The molecule has 1 aliphatic carbocycles. The topological polar surface area (TPSA) is 75.6 Å². The number of carbonyl (C=O) groups is 2. The summed E-state index contributed by atoms with van der Waals surface area (Å²) < 4.78 is 5.34. The van der Waals surface area contributed by atoms with Crippen LogP contribution in [0.3, 0.4) is 0 Å². The maximum Gasteiger partial charge on any atom is 0.318 e. The highest BCUT2D eigenvalue weighted by atomic mass is 16.5. The smallest absolute Gasteiger partial charge is 0.318 e.